The van der Waals surface area contributed by atoms with Crippen LogP contribution in [0.1, 0.15) is 18.0 Å². The highest BCUT2D eigenvalue weighted by Gasteiger charge is 2.17. The lowest BCUT2D eigenvalue weighted by Crippen LogP contribution is -2.23. The smallest absolute Gasteiger partial charge is 0.225 e. The highest BCUT2D eigenvalue weighted by atomic mass is 32.1. The largest absolute Gasteiger partial charge is 0.335 e. The molecule has 2 heterocycles. The summed E-state index contributed by atoms with van der Waals surface area (Å²) in [7, 11) is 1.99. The number of thiazole rings is 1. The van der Waals surface area contributed by atoms with Gasteiger partial charge in [-0.1, -0.05) is 12.1 Å². The maximum atomic E-state index is 4.68. The number of nitrogens with zero attached hydrogens (tertiary/aromatic N) is 4. The van der Waals surface area contributed by atoms with Gasteiger partial charge in [0, 0.05) is 19.4 Å². The van der Waals surface area contributed by atoms with Gasteiger partial charge in [-0.2, -0.15) is 0 Å². The maximum absolute atomic E-state index is 4.68. The standard InChI is InChI=1S/C14H14N4S/c1-10(18(2)14-15-8-5-9-16-14)13-17-11-6-3-4-7-12(11)19-13/h3-10H,1-2H3/t10-/m0/s1. The molecule has 0 amide bonds. The van der Waals surface area contributed by atoms with Gasteiger partial charge in [0.15, 0.2) is 0 Å². The number of benzene rings is 1. The van der Waals surface area contributed by atoms with E-state index in [-0.39, 0.29) is 6.04 Å². The van der Waals surface area contributed by atoms with Crippen LogP contribution in [0.5, 0.6) is 0 Å². The second kappa shape index (κ2) is 4.93. The van der Waals surface area contributed by atoms with Gasteiger partial charge in [-0.05, 0) is 25.1 Å². The van der Waals surface area contributed by atoms with Gasteiger partial charge >= 0.3 is 0 Å². The summed E-state index contributed by atoms with van der Waals surface area (Å²) >= 11 is 1.72. The predicted octanol–water partition coefficient (Wildman–Crippen LogP) is 3.28. The Morgan fingerprint density at radius 1 is 1.11 bits per heavy atom. The molecule has 0 saturated heterocycles. The van der Waals surface area contributed by atoms with Crippen molar-refractivity contribution >= 4 is 27.5 Å². The number of rotatable bonds is 3. The van der Waals surface area contributed by atoms with E-state index in [0.717, 1.165) is 10.5 Å². The second-order valence-corrected chi connectivity index (χ2v) is 5.42. The Kier molecular flexibility index (Phi) is 3.13. The Morgan fingerprint density at radius 3 is 2.58 bits per heavy atom. The molecule has 0 saturated carbocycles. The van der Waals surface area contributed by atoms with Gasteiger partial charge in [-0.3, -0.25) is 0 Å². The van der Waals surface area contributed by atoms with E-state index in [1.165, 1.54) is 4.70 Å². The molecule has 0 unspecified atom stereocenters. The van der Waals surface area contributed by atoms with Crippen molar-refractivity contribution in [2.24, 2.45) is 0 Å². The molecule has 4 nitrogen and oxygen atoms in total. The third kappa shape index (κ3) is 2.29. The summed E-state index contributed by atoms with van der Waals surface area (Å²) in [5.41, 5.74) is 1.05. The fraction of sp³-hybridized carbons (Fsp3) is 0.214. The molecule has 0 bridgehead atoms. The highest BCUT2D eigenvalue weighted by molar-refractivity contribution is 7.18. The first kappa shape index (κ1) is 12.0. The Morgan fingerprint density at radius 2 is 1.84 bits per heavy atom. The molecular weight excluding hydrogens is 256 g/mol. The Hall–Kier alpha value is -2.01. The molecule has 19 heavy (non-hydrogen) atoms. The molecule has 96 valence electrons. The lowest BCUT2D eigenvalue weighted by atomic mass is 10.3. The van der Waals surface area contributed by atoms with E-state index in [1.807, 2.05) is 36.2 Å². The third-order valence-corrected chi connectivity index (χ3v) is 4.32. The zero-order valence-corrected chi connectivity index (χ0v) is 11.6. The van der Waals surface area contributed by atoms with Gasteiger partial charge < -0.3 is 4.90 Å². The number of anilines is 1. The summed E-state index contributed by atoms with van der Waals surface area (Å²) in [6, 6.07) is 10.2. The van der Waals surface area contributed by atoms with Crippen molar-refractivity contribution in [1.82, 2.24) is 15.0 Å². The normalized spacial score (nSPS) is 12.5. The van der Waals surface area contributed by atoms with Crippen LogP contribution >= 0.6 is 11.3 Å². The molecule has 0 aliphatic rings. The van der Waals surface area contributed by atoms with E-state index in [1.54, 1.807) is 23.7 Å². The lowest BCUT2D eigenvalue weighted by Gasteiger charge is -2.22. The van der Waals surface area contributed by atoms with Crippen LogP contribution in [-0.2, 0) is 0 Å². The molecule has 0 radical (unpaired) electrons. The first-order chi connectivity index (χ1) is 9.25. The topological polar surface area (TPSA) is 41.9 Å². The monoisotopic (exact) mass is 270 g/mol. The molecule has 3 aromatic rings. The van der Waals surface area contributed by atoms with Crippen molar-refractivity contribution in [2.75, 3.05) is 11.9 Å². The molecule has 0 N–H and O–H groups in total. The Labute approximate surface area is 115 Å². The van der Waals surface area contributed by atoms with Crippen LogP contribution in [0.15, 0.2) is 42.7 Å². The zero-order chi connectivity index (χ0) is 13.2. The van der Waals surface area contributed by atoms with Crippen molar-refractivity contribution in [2.45, 2.75) is 13.0 Å². The Bertz CT molecular complexity index is 647. The minimum atomic E-state index is 0.153. The van der Waals surface area contributed by atoms with Crippen molar-refractivity contribution in [3.05, 3.63) is 47.7 Å². The van der Waals surface area contributed by atoms with Crippen LogP contribution in [-0.4, -0.2) is 22.0 Å². The lowest BCUT2D eigenvalue weighted by molar-refractivity contribution is 0.711. The number of hydrogen-bond acceptors (Lipinski definition) is 5. The first-order valence-corrected chi connectivity index (χ1v) is 6.92. The van der Waals surface area contributed by atoms with Crippen LogP contribution in [0.2, 0.25) is 0 Å². The number of fused-ring (bicyclic) bond motifs is 1. The van der Waals surface area contributed by atoms with E-state index < -0.39 is 0 Å². The SMILES string of the molecule is C[C@@H](c1nc2ccccc2s1)N(C)c1ncccn1. The van der Waals surface area contributed by atoms with Gasteiger partial charge in [0.2, 0.25) is 5.95 Å². The van der Waals surface area contributed by atoms with E-state index in [9.17, 15) is 0 Å². The van der Waals surface area contributed by atoms with Crippen LogP contribution in [0.25, 0.3) is 10.2 Å². The van der Waals surface area contributed by atoms with Crippen LogP contribution < -0.4 is 4.90 Å². The molecular formula is C14H14N4S. The van der Waals surface area contributed by atoms with Crippen LogP contribution in [0, 0.1) is 0 Å². The molecule has 0 aliphatic heterocycles. The summed E-state index contributed by atoms with van der Waals surface area (Å²) in [6.07, 6.45) is 3.51. The number of para-hydroxylation sites is 1. The van der Waals surface area contributed by atoms with Gasteiger partial charge in [-0.15, -0.1) is 11.3 Å². The van der Waals surface area contributed by atoms with E-state index >= 15 is 0 Å². The summed E-state index contributed by atoms with van der Waals surface area (Å²) in [5, 5.41) is 1.08. The molecule has 1 aromatic carbocycles. The van der Waals surface area contributed by atoms with E-state index in [0.29, 0.717) is 5.95 Å². The fourth-order valence-electron chi connectivity index (χ4n) is 1.88. The van der Waals surface area contributed by atoms with Crippen molar-refractivity contribution < 1.29 is 0 Å². The molecule has 0 fully saturated rings. The third-order valence-electron chi connectivity index (χ3n) is 3.12. The van der Waals surface area contributed by atoms with Crippen LogP contribution in [0.3, 0.4) is 0 Å². The number of hydrogen-bond donors (Lipinski definition) is 0. The first-order valence-electron chi connectivity index (χ1n) is 6.11. The van der Waals surface area contributed by atoms with Gasteiger partial charge in [0.05, 0.1) is 16.3 Å². The second-order valence-electron chi connectivity index (χ2n) is 4.36. The molecule has 5 heteroatoms. The number of aromatic nitrogens is 3. The maximum Gasteiger partial charge on any atom is 0.225 e. The zero-order valence-electron chi connectivity index (χ0n) is 10.8. The van der Waals surface area contributed by atoms with Crippen molar-refractivity contribution in [3.63, 3.8) is 0 Å². The Balaban J connectivity index is 1.93. The minimum Gasteiger partial charge on any atom is -0.335 e. The molecule has 0 aliphatic carbocycles. The van der Waals surface area contributed by atoms with Crippen molar-refractivity contribution in [3.8, 4) is 0 Å². The fourth-order valence-corrected chi connectivity index (χ4v) is 2.94. The highest BCUT2D eigenvalue weighted by Crippen LogP contribution is 2.29. The van der Waals surface area contributed by atoms with Gasteiger partial charge in [-0.25, -0.2) is 15.0 Å². The average Bonchev–Trinajstić information content (AvgIpc) is 2.90. The van der Waals surface area contributed by atoms with Crippen LogP contribution in [0.4, 0.5) is 5.95 Å². The minimum absolute atomic E-state index is 0.153. The molecule has 0 spiro atoms. The molecule has 1 atom stereocenters. The van der Waals surface area contributed by atoms with Gasteiger partial charge in [0.25, 0.3) is 0 Å². The summed E-state index contributed by atoms with van der Waals surface area (Å²) < 4.78 is 1.21. The summed E-state index contributed by atoms with van der Waals surface area (Å²) in [6.45, 7) is 2.12. The summed E-state index contributed by atoms with van der Waals surface area (Å²) in [5.74, 6) is 0.717. The van der Waals surface area contributed by atoms with Crippen molar-refractivity contribution in [1.29, 1.82) is 0 Å². The van der Waals surface area contributed by atoms with E-state index in [2.05, 4.69) is 27.9 Å². The van der Waals surface area contributed by atoms with E-state index in [4.69, 9.17) is 0 Å². The molecule has 2 aromatic heterocycles. The quantitative estimate of drug-likeness (QED) is 0.732. The average molecular weight is 270 g/mol. The van der Waals surface area contributed by atoms with Gasteiger partial charge in [0.1, 0.15) is 5.01 Å². The molecule has 3 rings (SSSR count). The predicted molar refractivity (Wildman–Crippen MR) is 78.5 cm³/mol. The summed E-state index contributed by atoms with van der Waals surface area (Å²) in [4.78, 5) is 15.3.